The Labute approximate surface area is 102 Å². The first-order chi connectivity index (χ1) is 8.18. The van der Waals surface area contributed by atoms with E-state index in [0.717, 1.165) is 0 Å². The van der Waals surface area contributed by atoms with Gasteiger partial charge in [0.05, 0.1) is 27.0 Å². The normalized spacial score (nSPS) is 8.76. The van der Waals surface area contributed by atoms with Gasteiger partial charge in [0.15, 0.2) is 11.5 Å². The van der Waals surface area contributed by atoms with Gasteiger partial charge in [-0.1, -0.05) is 20.3 Å². The van der Waals surface area contributed by atoms with Gasteiger partial charge < -0.3 is 14.2 Å². The molecule has 5 heteroatoms. The van der Waals surface area contributed by atoms with Gasteiger partial charge in [0.25, 0.3) is 0 Å². The van der Waals surface area contributed by atoms with E-state index >= 15 is 0 Å². The Morgan fingerprint density at radius 1 is 1.00 bits per heavy atom. The number of nitrogens with one attached hydrogen (secondary N) is 1. The van der Waals surface area contributed by atoms with Crippen LogP contribution in [-0.4, -0.2) is 21.3 Å². The summed E-state index contributed by atoms with van der Waals surface area (Å²) in [6, 6.07) is 3.21. The van der Waals surface area contributed by atoms with E-state index in [1.165, 1.54) is 27.8 Å². The molecule has 0 saturated carbocycles. The van der Waals surface area contributed by atoms with Crippen molar-refractivity contribution in [3.05, 3.63) is 12.1 Å². The summed E-state index contributed by atoms with van der Waals surface area (Å²) in [5.74, 6) is 1.50. The minimum Gasteiger partial charge on any atom is -0.493 e. The number of rotatable bonds is 4. The molecule has 1 rings (SSSR count). The lowest BCUT2D eigenvalue weighted by molar-refractivity contribution is 0.324. The number of nitrogens with zero attached hydrogens (tertiary/aromatic N) is 1. The molecule has 0 atom stereocenters. The lowest BCUT2D eigenvalue weighted by Gasteiger charge is -2.11. The van der Waals surface area contributed by atoms with Gasteiger partial charge in [-0.2, -0.15) is 5.11 Å². The summed E-state index contributed by atoms with van der Waals surface area (Å²) in [7, 11) is 4.56. The van der Waals surface area contributed by atoms with Crippen molar-refractivity contribution in [2.45, 2.75) is 20.3 Å². The highest BCUT2D eigenvalue weighted by Crippen LogP contribution is 2.40. The van der Waals surface area contributed by atoms with Gasteiger partial charge in [0.2, 0.25) is 5.75 Å². The Balaban J connectivity index is 0.000000770. The van der Waals surface area contributed by atoms with Crippen molar-refractivity contribution in [2.24, 2.45) is 5.11 Å². The molecule has 0 amide bonds. The fraction of sp³-hybridized carbons (Fsp3) is 0.500. The summed E-state index contributed by atoms with van der Waals surface area (Å²) in [4.78, 5) is 0. The van der Waals surface area contributed by atoms with Gasteiger partial charge >= 0.3 is 0 Å². The molecule has 0 radical (unpaired) electrons. The molecule has 0 aliphatic heterocycles. The molecular formula is C12H20N2O3. The number of hydrogen-bond donors (Lipinski definition) is 1. The van der Waals surface area contributed by atoms with E-state index in [1.54, 1.807) is 12.1 Å². The minimum absolute atomic E-state index is 0.458. The molecule has 0 saturated heterocycles. The molecule has 1 aromatic rings. The highest BCUT2D eigenvalue weighted by atomic mass is 16.5. The van der Waals surface area contributed by atoms with E-state index in [4.69, 9.17) is 19.7 Å². The summed E-state index contributed by atoms with van der Waals surface area (Å²) >= 11 is 0. The maximum atomic E-state index is 6.89. The molecule has 0 bridgehead atoms. The van der Waals surface area contributed by atoms with Gasteiger partial charge in [-0.25, -0.2) is 5.53 Å². The van der Waals surface area contributed by atoms with Crippen LogP contribution in [-0.2, 0) is 0 Å². The lowest BCUT2D eigenvalue weighted by Crippen LogP contribution is -1.94. The first-order valence-electron chi connectivity index (χ1n) is 5.35. The summed E-state index contributed by atoms with van der Waals surface area (Å²) in [5, 5.41) is 3.30. The number of ether oxygens (including phenoxy) is 3. The molecule has 1 N–H and O–H groups in total. The second kappa shape index (κ2) is 8.38. The summed E-state index contributed by atoms with van der Waals surface area (Å²) in [6.07, 6.45) is 1.25. The van der Waals surface area contributed by atoms with Crippen LogP contribution >= 0.6 is 0 Å². The maximum absolute atomic E-state index is 6.89. The second-order valence-corrected chi connectivity index (χ2v) is 3.20. The predicted molar refractivity (Wildman–Crippen MR) is 66.9 cm³/mol. The predicted octanol–water partition coefficient (Wildman–Crippen LogP) is 3.79. The third-order valence-corrected chi connectivity index (χ3v) is 1.78. The van der Waals surface area contributed by atoms with Crippen LogP contribution in [0.1, 0.15) is 20.3 Å². The molecule has 0 aromatic heterocycles. The van der Waals surface area contributed by atoms with Crippen molar-refractivity contribution >= 4 is 5.69 Å². The second-order valence-electron chi connectivity index (χ2n) is 3.20. The minimum atomic E-state index is 0.458. The average molecular weight is 240 g/mol. The number of methoxy groups -OCH3 is 3. The highest BCUT2D eigenvalue weighted by molar-refractivity contribution is 5.59. The van der Waals surface area contributed by atoms with Crippen LogP contribution < -0.4 is 14.2 Å². The molecule has 5 nitrogen and oxygen atoms in total. The van der Waals surface area contributed by atoms with Crippen molar-refractivity contribution < 1.29 is 14.2 Å². The van der Waals surface area contributed by atoms with Crippen LogP contribution in [0.5, 0.6) is 17.2 Å². The molecule has 0 aliphatic rings. The van der Waals surface area contributed by atoms with Gasteiger partial charge in [-0.3, -0.25) is 0 Å². The zero-order valence-electron chi connectivity index (χ0n) is 11.0. The van der Waals surface area contributed by atoms with Crippen molar-refractivity contribution in [1.82, 2.24) is 0 Å². The fourth-order valence-electron chi connectivity index (χ4n) is 1.13. The van der Waals surface area contributed by atoms with Crippen LogP contribution in [0.3, 0.4) is 0 Å². The average Bonchev–Trinajstić information content (AvgIpc) is 2.37. The fourth-order valence-corrected chi connectivity index (χ4v) is 1.13. The van der Waals surface area contributed by atoms with Crippen LogP contribution in [0.15, 0.2) is 17.2 Å². The zero-order chi connectivity index (χ0) is 13.3. The quantitative estimate of drug-likeness (QED) is 0.814. The largest absolute Gasteiger partial charge is 0.493 e. The SMILES string of the molecule is CCC.COc1cc(N=N)cc(OC)c1OC. The molecule has 0 aliphatic carbocycles. The molecule has 17 heavy (non-hydrogen) atoms. The third kappa shape index (κ3) is 4.30. The summed E-state index contributed by atoms with van der Waals surface area (Å²) in [6.45, 7) is 4.25. The van der Waals surface area contributed by atoms with Gasteiger partial charge in [0, 0.05) is 12.1 Å². The van der Waals surface area contributed by atoms with E-state index in [9.17, 15) is 0 Å². The Morgan fingerprint density at radius 2 is 1.41 bits per heavy atom. The van der Waals surface area contributed by atoms with Gasteiger partial charge in [-0.15, -0.1) is 0 Å². The molecule has 0 spiro atoms. The van der Waals surface area contributed by atoms with E-state index < -0.39 is 0 Å². The van der Waals surface area contributed by atoms with Crippen LogP contribution in [0, 0.1) is 5.53 Å². The van der Waals surface area contributed by atoms with Crippen molar-refractivity contribution in [1.29, 1.82) is 5.53 Å². The molecule has 0 heterocycles. The standard InChI is InChI=1S/C9H12N2O3.C3H8/c1-12-7-4-6(11-10)5-8(13-2)9(7)14-3;1-3-2/h4-5,10H,1-3H3;3H2,1-2H3. The van der Waals surface area contributed by atoms with Gasteiger partial charge in [0.1, 0.15) is 0 Å². The van der Waals surface area contributed by atoms with E-state index in [1.807, 2.05) is 0 Å². The van der Waals surface area contributed by atoms with E-state index in [0.29, 0.717) is 22.9 Å². The van der Waals surface area contributed by atoms with Crippen LogP contribution in [0.2, 0.25) is 0 Å². The maximum Gasteiger partial charge on any atom is 0.203 e. The Hall–Kier alpha value is -1.78. The topological polar surface area (TPSA) is 63.9 Å². The Morgan fingerprint density at radius 3 is 1.65 bits per heavy atom. The molecular weight excluding hydrogens is 220 g/mol. The summed E-state index contributed by atoms with van der Waals surface area (Å²) in [5.41, 5.74) is 7.35. The first kappa shape index (κ1) is 15.2. The van der Waals surface area contributed by atoms with Crippen molar-refractivity contribution in [2.75, 3.05) is 21.3 Å². The number of hydrogen-bond acceptors (Lipinski definition) is 5. The molecule has 96 valence electrons. The monoisotopic (exact) mass is 240 g/mol. The Kier molecular flexibility index (Phi) is 7.50. The Bertz CT molecular complexity index is 329. The van der Waals surface area contributed by atoms with Crippen molar-refractivity contribution in [3.8, 4) is 17.2 Å². The smallest absolute Gasteiger partial charge is 0.203 e. The van der Waals surface area contributed by atoms with Gasteiger partial charge in [-0.05, 0) is 0 Å². The van der Waals surface area contributed by atoms with E-state index in [-0.39, 0.29) is 0 Å². The molecule has 0 unspecified atom stereocenters. The van der Waals surface area contributed by atoms with Crippen LogP contribution in [0.25, 0.3) is 0 Å². The third-order valence-electron chi connectivity index (χ3n) is 1.78. The summed E-state index contributed by atoms with van der Waals surface area (Å²) < 4.78 is 15.3. The van der Waals surface area contributed by atoms with Crippen molar-refractivity contribution in [3.63, 3.8) is 0 Å². The molecule has 0 fully saturated rings. The highest BCUT2D eigenvalue weighted by Gasteiger charge is 2.12. The zero-order valence-corrected chi connectivity index (χ0v) is 11.0. The first-order valence-corrected chi connectivity index (χ1v) is 5.35. The van der Waals surface area contributed by atoms with E-state index in [2.05, 4.69) is 19.0 Å². The van der Waals surface area contributed by atoms with Crippen LogP contribution in [0.4, 0.5) is 5.69 Å². The lowest BCUT2D eigenvalue weighted by atomic mass is 10.2. The molecule has 1 aromatic carbocycles. The number of benzene rings is 1.